The van der Waals surface area contributed by atoms with Gasteiger partial charge in [-0.15, -0.1) is 0 Å². The van der Waals surface area contributed by atoms with Crippen LogP contribution in [0.2, 0.25) is 5.02 Å². The van der Waals surface area contributed by atoms with Crippen LogP contribution in [0, 0.1) is 0 Å². The van der Waals surface area contributed by atoms with Gasteiger partial charge in [0.05, 0.1) is 19.0 Å². The Morgan fingerprint density at radius 1 is 1.29 bits per heavy atom. The highest BCUT2D eigenvalue weighted by Gasteiger charge is 2.36. The largest absolute Gasteiger partial charge is 0.458 e. The zero-order valence-electron chi connectivity index (χ0n) is 13.4. The van der Waals surface area contributed by atoms with Crippen LogP contribution in [-0.2, 0) is 14.3 Å². The third-order valence-electron chi connectivity index (χ3n) is 3.19. The topological polar surface area (TPSA) is 68.1 Å². The summed E-state index contributed by atoms with van der Waals surface area (Å²) in [7, 11) is 3.87. The van der Waals surface area contributed by atoms with Crippen molar-refractivity contribution in [1.82, 2.24) is 4.90 Å². The fourth-order valence-corrected chi connectivity index (χ4v) is 2.85. The summed E-state index contributed by atoms with van der Waals surface area (Å²) in [5, 5.41) is 0.109. The van der Waals surface area contributed by atoms with Gasteiger partial charge in [0.25, 0.3) is 11.1 Å². The van der Waals surface area contributed by atoms with Crippen LogP contribution in [-0.4, -0.2) is 55.8 Å². The number of carbonyl (C=O) groups is 3. The second kappa shape index (κ2) is 8.32. The van der Waals surface area contributed by atoms with Crippen LogP contribution in [0.4, 0.5) is 4.79 Å². The molecular formula is C16H18ClN2O4S+. The van der Waals surface area contributed by atoms with Crippen molar-refractivity contribution in [3.63, 3.8) is 0 Å². The molecule has 0 radical (unpaired) electrons. The molecule has 0 saturated carbocycles. The summed E-state index contributed by atoms with van der Waals surface area (Å²) in [5.41, 5.74) is 0.751. The lowest BCUT2D eigenvalue weighted by molar-refractivity contribution is -0.858. The van der Waals surface area contributed by atoms with E-state index in [1.807, 2.05) is 14.1 Å². The Hall–Kier alpha value is -1.83. The van der Waals surface area contributed by atoms with Crippen LogP contribution in [0.25, 0.3) is 6.08 Å². The van der Waals surface area contributed by atoms with Crippen molar-refractivity contribution in [1.29, 1.82) is 0 Å². The summed E-state index contributed by atoms with van der Waals surface area (Å²) >= 11 is 6.62. The van der Waals surface area contributed by atoms with E-state index in [0.29, 0.717) is 11.6 Å². The minimum Gasteiger partial charge on any atom is -0.458 e. The lowest BCUT2D eigenvalue weighted by Gasteiger charge is -2.12. The molecule has 0 aliphatic carbocycles. The molecule has 1 heterocycles. The van der Waals surface area contributed by atoms with Crippen LogP contribution in [0.5, 0.6) is 0 Å². The van der Waals surface area contributed by atoms with Gasteiger partial charge in [-0.05, 0) is 35.5 Å². The Bertz CT molecular complexity index is 673. The van der Waals surface area contributed by atoms with Crippen molar-refractivity contribution in [3.05, 3.63) is 39.8 Å². The van der Waals surface area contributed by atoms with Crippen molar-refractivity contribution in [2.75, 3.05) is 33.8 Å². The van der Waals surface area contributed by atoms with E-state index in [1.54, 1.807) is 30.3 Å². The maximum absolute atomic E-state index is 12.3. The van der Waals surface area contributed by atoms with E-state index in [4.69, 9.17) is 16.3 Å². The lowest BCUT2D eigenvalue weighted by atomic mass is 10.2. The van der Waals surface area contributed by atoms with Crippen LogP contribution < -0.4 is 4.90 Å². The van der Waals surface area contributed by atoms with Crippen molar-refractivity contribution < 1.29 is 24.0 Å². The number of likely N-dealkylation sites (N-methyl/N-ethyl adjacent to an activating group) is 1. The molecule has 1 aliphatic rings. The molecule has 128 valence electrons. The zero-order chi connectivity index (χ0) is 17.7. The molecule has 24 heavy (non-hydrogen) atoms. The van der Waals surface area contributed by atoms with Gasteiger partial charge in [-0.2, -0.15) is 0 Å². The number of quaternary nitrogens is 1. The molecule has 2 rings (SSSR count). The number of benzene rings is 1. The first-order valence-corrected chi connectivity index (χ1v) is 8.52. The number of esters is 1. The van der Waals surface area contributed by atoms with E-state index in [1.165, 1.54) is 0 Å². The monoisotopic (exact) mass is 369 g/mol. The number of halogens is 1. The minimum atomic E-state index is -0.591. The van der Waals surface area contributed by atoms with Gasteiger partial charge in [-0.3, -0.25) is 19.3 Å². The van der Waals surface area contributed by atoms with E-state index < -0.39 is 17.1 Å². The first-order chi connectivity index (χ1) is 11.4. The molecule has 0 bridgehead atoms. The molecule has 8 heteroatoms. The summed E-state index contributed by atoms with van der Waals surface area (Å²) in [6.07, 6.45) is 1.60. The number of ether oxygens (including phenoxy) is 1. The number of carbonyl (C=O) groups excluding carboxylic acids is 3. The molecule has 0 aromatic heterocycles. The number of hydrogen-bond acceptors (Lipinski definition) is 5. The van der Waals surface area contributed by atoms with Gasteiger partial charge in [-0.1, -0.05) is 23.7 Å². The molecule has 0 unspecified atom stereocenters. The average molecular weight is 370 g/mol. The van der Waals surface area contributed by atoms with Crippen LogP contribution in [0.15, 0.2) is 29.2 Å². The molecule has 6 nitrogen and oxygen atoms in total. The predicted octanol–water partition coefficient (Wildman–Crippen LogP) is 1.06. The number of nitrogens with zero attached hydrogens (tertiary/aromatic N) is 1. The number of amides is 2. The molecule has 1 aromatic rings. The van der Waals surface area contributed by atoms with Gasteiger partial charge in [0, 0.05) is 5.02 Å². The van der Waals surface area contributed by atoms with E-state index in [2.05, 4.69) is 0 Å². The first-order valence-electron chi connectivity index (χ1n) is 7.32. The Morgan fingerprint density at radius 3 is 2.58 bits per heavy atom. The number of imide groups is 1. The van der Waals surface area contributed by atoms with Gasteiger partial charge in [-0.25, -0.2) is 0 Å². The second-order valence-corrected chi connectivity index (χ2v) is 6.93. The van der Waals surface area contributed by atoms with Crippen LogP contribution in [0.3, 0.4) is 0 Å². The summed E-state index contributed by atoms with van der Waals surface area (Å²) in [6.45, 7) is 0.535. The van der Waals surface area contributed by atoms with Gasteiger partial charge in [0.2, 0.25) is 0 Å². The summed E-state index contributed by atoms with van der Waals surface area (Å²) in [4.78, 5) is 38.3. The molecular weight excluding hydrogens is 352 g/mol. The van der Waals surface area contributed by atoms with E-state index in [0.717, 1.165) is 27.1 Å². The number of rotatable bonds is 6. The molecule has 0 atom stereocenters. The van der Waals surface area contributed by atoms with E-state index >= 15 is 0 Å². The maximum atomic E-state index is 12.3. The lowest BCUT2D eigenvalue weighted by Crippen LogP contribution is -3.06. The van der Waals surface area contributed by atoms with Gasteiger partial charge >= 0.3 is 5.97 Å². The average Bonchev–Trinajstić information content (AvgIpc) is 2.77. The van der Waals surface area contributed by atoms with Gasteiger partial charge in [0.1, 0.15) is 19.7 Å². The SMILES string of the molecule is C[NH+](C)CCOC(=O)CN1C(=O)S/C(=C\c2ccc(Cl)cc2)C1=O. The number of nitrogens with one attached hydrogen (secondary N) is 1. The smallest absolute Gasteiger partial charge is 0.326 e. The molecule has 1 N–H and O–H groups in total. The number of thioether (sulfide) groups is 1. The Labute approximate surface area is 149 Å². The van der Waals surface area contributed by atoms with E-state index in [9.17, 15) is 14.4 Å². The van der Waals surface area contributed by atoms with E-state index in [-0.39, 0.29) is 18.1 Å². The molecule has 1 aliphatic heterocycles. The fourth-order valence-electron chi connectivity index (χ4n) is 1.89. The third-order valence-corrected chi connectivity index (χ3v) is 4.35. The van der Waals surface area contributed by atoms with Crippen LogP contribution in [0.1, 0.15) is 5.56 Å². The summed E-state index contributed by atoms with van der Waals surface area (Å²) < 4.78 is 5.03. The molecule has 1 saturated heterocycles. The number of hydrogen-bond donors (Lipinski definition) is 1. The van der Waals surface area contributed by atoms with Gasteiger partial charge < -0.3 is 9.64 Å². The second-order valence-electron chi connectivity index (χ2n) is 5.50. The van der Waals surface area contributed by atoms with Crippen molar-refractivity contribution in [3.8, 4) is 0 Å². The summed E-state index contributed by atoms with van der Waals surface area (Å²) in [6, 6.07) is 6.88. The molecule has 1 fully saturated rings. The predicted molar refractivity (Wildman–Crippen MR) is 92.8 cm³/mol. The quantitative estimate of drug-likeness (QED) is 0.600. The Balaban J connectivity index is 1.98. The standard InChI is InChI=1S/C16H17ClN2O4S/c1-18(2)7-8-23-14(20)10-19-15(21)13(24-16(19)22)9-11-3-5-12(17)6-4-11/h3-6,9H,7-8,10H2,1-2H3/p+1/b13-9-. The van der Waals surface area contributed by atoms with Gasteiger partial charge in [0.15, 0.2) is 0 Å². The Kier molecular flexibility index (Phi) is 6.42. The summed E-state index contributed by atoms with van der Waals surface area (Å²) in [5.74, 6) is -1.08. The zero-order valence-corrected chi connectivity index (χ0v) is 14.9. The molecule has 0 spiro atoms. The maximum Gasteiger partial charge on any atom is 0.326 e. The normalized spacial score (nSPS) is 16.3. The first kappa shape index (κ1) is 18.5. The van der Waals surface area contributed by atoms with Crippen LogP contribution >= 0.6 is 23.4 Å². The fraction of sp³-hybridized carbons (Fsp3) is 0.312. The Morgan fingerprint density at radius 2 is 1.96 bits per heavy atom. The minimum absolute atomic E-state index is 0.248. The van der Waals surface area contributed by atoms with Crippen molar-refractivity contribution in [2.45, 2.75) is 0 Å². The highest BCUT2D eigenvalue weighted by Crippen LogP contribution is 2.32. The third kappa shape index (κ3) is 5.09. The van der Waals surface area contributed by atoms with Crippen molar-refractivity contribution >= 4 is 46.6 Å². The molecule has 2 amide bonds. The highest BCUT2D eigenvalue weighted by molar-refractivity contribution is 8.18. The molecule has 1 aromatic carbocycles. The van der Waals surface area contributed by atoms with Crippen molar-refractivity contribution in [2.24, 2.45) is 0 Å². The highest BCUT2D eigenvalue weighted by atomic mass is 35.5.